The molecule has 0 amide bonds. The zero-order valence-electron chi connectivity index (χ0n) is 10.9. The van der Waals surface area contributed by atoms with Crippen LogP contribution in [-0.4, -0.2) is 16.0 Å². The van der Waals surface area contributed by atoms with E-state index in [1.807, 2.05) is 0 Å². The van der Waals surface area contributed by atoms with Gasteiger partial charge in [-0.1, -0.05) is 0 Å². The minimum atomic E-state index is -6.23. The molecule has 2 heterocycles. The molecule has 0 spiro atoms. The minimum Gasteiger partial charge on any atom is -0.457 e. The normalized spacial score (nSPS) is 13.7. The number of hydrogen-bond acceptors (Lipinski definition) is 2. The standard InChI is InChI=1S/C11H5BrF8N2O/c1-22-7(4-2-5(12)23-3-4)6(10(15,16)17)8(21-22)9(13,14)11(18,19)20/h2-3H,1H3. The Labute approximate surface area is 131 Å². The van der Waals surface area contributed by atoms with Crippen molar-refractivity contribution in [2.24, 2.45) is 7.05 Å². The Morgan fingerprint density at radius 2 is 1.65 bits per heavy atom. The SMILES string of the molecule is Cn1nc(C(F)(F)C(F)(F)F)c(C(F)(F)F)c1-c1coc(Br)c1. The van der Waals surface area contributed by atoms with Crippen molar-refractivity contribution >= 4 is 15.9 Å². The summed E-state index contributed by atoms with van der Waals surface area (Å²) in [6.07, 6.45) is -10.9. The predicted octanol–water partition coefficient (Wildman–Crippen LogP) is 5.12. The maximum absolute atomic E-state index is 13.4. The smallest absolute Gasteiger partial charge is 0.457 e. The molecule has 2 aromatic heterocycles. The molecule has 0 atom stereocenters. The van der Waals surface area contributed by atoms with E-state index in [1.54, 1.807) is 0 Å². The van der Waals surface area contributed by atoms with Crippen LogP contribution in [0.25, 0.3) is 11.3 Å². The van der Waals surface area contributed by atoms with E-state index in [-0.39, 0.29) is 10.2 Å². The van der Waals surface area contributed by atoms with Crippen LogP contribution in [0.2, 0.25) is 0 Å². The Balaban J connectivity index is 2.82. The van der Waals surface area contributed by atoms with Crippen LogP contribution in [0.15, 0.2) is 21.4 Å². The summed E-state index contributed by atoms with van der Waals surface area (Å²) in [6.45, 7) is 0. The molecule has 0 radical (unpaired) electrons. The van der Waals surface area contributed by atoms with Crippen LogP contribution in [0, 0.1) is 0 Å². The molecule has 0 aliphatic rings. The topological polar surface area (TPSA) is 31.0 Å². The molecule has 0 saturated heterocycles. The van der Waals surface area contributed by atoms with Gasteiger partial charge in [0.25, 0.3) is 0 Å². The van der Waals surface area contributed by atoms with Crippen LogP contribution < -0.4 is 0 Å². The summed E-state index contributed by atoms with van der Waals surface area (Å²) in [5.41, 5.74) is -5.91. The van der Waals surface area contributed by atoms with Crippen LogP contribution in [0.4, 0.5) is 35.1 Å². The molecule has 0 aliphatic heterocycles. The molecular formula is C11H5BrF8N2O. The third-order valence-corrected chi connectivity index (χ3v) is 3.24. The van der Waals surface area contributed by atoms with Crippen molar-refractivity contribution in [2.75, 3.05) is 0 Å². The lowest BCUT2D eigenvalue weighted by molar-refractivity contribution is -0.292. The average Bonchev–Trinajstić information content (AvgIpc) is 2.90. The first-order valence-corrected chi connectivity index (χ1v) is 6.39. The second-order valence-electron chi connectivity index (χ2n) is 4.41. The summed E-state index contributed by atoms with van der Waals surface area (Å²) in [6, 6.07) is 0.988. The van der Waals surface area contributed by atoms with Gasteiger partial charge in [0.05, 0.1) is 5.69 Å². The minimum absolute atomic E-state index is 0.0362. The van der Waals surface area contributed by atoms with Gasteiger partial charge < -0.3 is 4.42 Å². The second kappa shape index (κ2) is 5.21. The fraction of sp³-hybridized carbons (Fsp3) is 0.364. The molecule has 0 saturated carbocycles. The number of furan rings is 1. The Morgan fingerprint density at radius 3 is 2.04 bits per heavy atom. The first-order valence-electron chi connectivity index (χ1n) is 5.60. The van der Waals surface area contributed by atoms with E-state index in [0.29, 0.717) is 4.68 Å². The van der Waals surface area contributed by atoms with E-state index < -0.39 is 35.2 Å². The van der Waals surface area contributed by atoms with Crippen LogP contribution in [-0.2, 0) is 19.1 Å². The van der Waals surface area contributed by atoms with Crippen LogP contribution in [0.3, 0.4) is 0 Å². The highest BCUT2D eigenvalue weighted by molar-refractivity contribution is 9.10. The summed E-state index contributed by atoms with van der Waals surface area (Å²) in [4.78, 5) is 0. The van der Waals surface area contributed by atoms with E-state index in [1.165, 1.54) is 0 Å². The lowest BCUT2D eigenvalue weighted by Crippen LogP contribution is -2.36. The quantitative estimate of drug-likeness (QED) is 0.641. The number of halogens is 9. The van der Waals surface area contributed by atoms with Gasteiger partial charge in [0.15, 0.2) is 10.4 Å². The molecule has 0 fully saturated rings. The Hall–Kier alpha value is -1.59. The largest absolute Gasteiger partial charge is 0.459 e. The number of aryl methyl sites for hydroxylation is 1. The number of rotatable bonds is 2. The number of aromatic nitrogens is 2. The highest BCUT2D eigenvalue weighted by Crippen LogP contribution is 2.50. The number of hydrogen-bond donors (Lipinski definition) is 0. The number of nitrogens with zero attached hydrogens (tertiary/aromatic N) is 2. The zero-order chi connectivity index (χ0) is 17.8. The fourth-order valence-corrected chi connectivity index (χ4v) is 2.25. The highest BCUT2D eigenvalue weighted by Gasteiger charge is 2.64. The van der Waals surface area contributed by atoms with Crippen molar-refractivity contribution in [3.63, 3.8) is 0 Å². The molecule has 0 bridgehead atoms. The summed E-state index contributed by atoms with van der Waals surface area (Å²) in [5, 5.41) is 2.77. The van der Waals surface area contributed by atoms with Gasteiger partial charge in [-0.15, -0.1) is 0 Å². The van der Waals surface area contributed by atoms with Crippen molar-refractivity contribution in [3.05, 3.63) is 28.3 Å². The Kier molecular flexibility index (Phi) is 4.02. The number of alkyl halides is 8. The maximum atomic E-state index is 13.4. The van der Waals surface area contributed by atoms with Gasteiger partial charge in [-0.25, -0.2) is 0 Å². The summed E-state index contributed by atoms with van der Waals surface area (Å²) in [7, 11) is 0.821. The maximum Gasteiger partial charge on any atom is 0.459 e. The van der Waals surface area contributed by atoms with Gasteiger partial charge >= 0.3 is 18.3 Å². The lowest BCUT2D eigenvalue weighted by Gasteiger charge is -2.19. The Bertz CT molecular complexity index is 727. The molecule has 2 rings (SSSR count). The van der Waals surface area contributed by atoms with Crippen molar-refractivity contribution in [1.29, 1.82) is 0 Å². The van der Waals surface area contributed by atoms with Gasteiger partial charge in [-0.3, -0.25) is 4.68 Å². The van der Waals surface area contributed by atoms with Crippen molar-refractivity contribution in [1.82, 2.24) is 9.78 Å². The fourth-order valence-electron chi connectivity index (χ4n) is 1.91. The molecule has 0 aliphatic carbocycles. The van der Waals surface area contributed by atoms with Crippen LogP contribution in [0.1, 0.15) is 11.3 Å². The molecule has 128 valence electrons. The third-order valence-electron chi connectivity index (χ3n) is 2.83. The summed E-state index contributed by atoms with van der Waals surface area (Å²) >= 11 is 2.80. The molecular weight excluding hydrogens is 408 g/mol. The Morgan fingerprint density at radius 1 is 1.09 bits per heavy atom. The third kappa shape index (κ3) is 2.95. The van der Waals surface area contributed by atoms with Gasteiger partial charge in [-0.05, 0) is 15.9 Å². The van der Waals surface area contributed by atoms with Gasteiger partial charge in [0.1, 0.15) is 11.8 Å². The first-order chi connectivity index (χ1) is 10.3. The van der Waals surface area contributed by atoms with E-state index >= 15 is 0 Å². The first kappa shape index (κ1) is 17.8. The molecule has 0 N–H and O–H groups in total. The molecule has 2 aromatic rings. The van der Waals surface area contributed by atoms with E-state index in [4.69, 9.17) is 4.42 Å². The molecule has 12 heteroatoms. The second-order valence-corrected chi connectivity index (χ2v) is 5.19. The zero-order valence-corrected chi connectivity index (χ0v) is 12.4. The molecule has 23 heavy (non-hydrogen) atoms. The van der Waals surface area contributed by atoms with Gasteiger partial charge in [-0.2, -0.15) is 40.2 Å². The highest BCUT2D eigenvalue weighted by atomic mass is 79.9. The summed E-state index contributed by atoms with van der Waals surface area (Å²) < 4.78 is 109. The van der Waals surface area contributed by atoms with Crippen LogP contribution in [0.5, 0.6) is 0 Å². The van der Waals surface area contributed by atoms with Crippen molar-refractivity contribution in [2.45, 2.75) is 18.3 Å². The van der Waals surface area contributed by atoms with E-state index in [9.17, 15) is 35.1 Å². The molecule has 0 unspecified atom stereocenters. The lowest BCUT2D eigenvalue weighted by atomic mass is 10.0. The monoisotopic (exact) mass is 412 g/mol. The van der Waals surface area contributed by atoms with E-state index in [0.717, 1.165) is 19.4 Å². The predicted molar refractivity (Wildman–Crippen MR) is 63.6 cm³/mol. The molecule has 3 nitrogen and oxygen atoms in total. The average molecular weight is 413 g/mol. The van der Waals surface area contributed by atoms with Gasteiger partial charge in [0.2, 0.25) is 0 Å². The molecule has 0 aromatic carbocycles. The summed E-state index contributed by atoms with van der Waals surface area (Å²) in [5.74, 6) is -5.77. The van der Waals surface area contributed by atoms with Crippen molar-refractivity contribution < 1.29 is 39.5 Å². The van der Waals surface area contributed by atoms with E-state index in [2.05, 4.69) is 21.0 Å². The van der Waals surface area contributed by atoms with Crippen molar-refractivity contribution in [3.8, 4) is 11.3 Å². The van der Waals surface area contributed by atoms with Gasteiger partial charge in [0, 0.05) is 18.7 Å². The van der Waals surface area contributed by atoms with Crippen LogP contribution >= 0.6 is 15.9 Å².